The molecular formula is C19H39N5. The average Bonchev–Trinajstić information content (AvgIpc) is 2.78. The van der Waals surface area contributed by atoms with E-state index < -0.39 is 0 Å². The van der Waals surface area contributed by atoms with Crippen molar-refractivity contribution in [3.63, 3.8) is 0 Å². The number of likely N-dealkylation sites (N-methyl/N-ethyl adjacent to an activating group) is 1. The van der Waals surface area contributed by atoms with Gasteiger partial charge >= 0.3 is 0 Å². The molecule has 2 atom stereocenters. The Hall–Kier alpha value is -0.810. The molecule has 0 radical (unpaired) electrons. The molecule has 0 aromatic heterocycles. The summed E-state index contributed by atoms with van der Waals surface area (Å²) < 4.78 is 0. The molecule has 5 heteroatoms. The molecule has 1 heterocycles. The second-order valence-corrected chi connectivity index (χ2v) is 7.85. The van der Waals surface area contributed by atoms with Gasteiger partial charge in [0, 0.05) is 39.8 Å². The second-order valence-electron chi connectivity index (χ2n) is 7.85. The lowest BCUT2D eigenvalue weighted by Crippen LogP contribution is -2.42. The minimum absolute atomic E-state index is 0.911. The fraction of sp³-hybridized carbons (Fsp3) is 0.947. The quantitative estimate of drug-likeness (QED) is 0.575. The zero-order valence-corrected chi connectivity index (χ0v) is 16.2. The number of nitrogens with zero attached hydrogens (tertiary/aromatic N) is 3. The molecule has 140 valence electrons. The third-order valence-corrected chi connectivity index (χ3v) is 5.65. The fourth-order valence-corrected chi connectivity index (χ4v) is 4.09. The van der Waals surface area contributed by atoms with E-state index in [4.69, 9.17) is 0 Å². The van der Waals surface area contributed by atoms with Crippen molar-refractivity contribution in [2.24, 2.45) is 16.8 Å². The standard InChI is InChI=1S/C19H39N5/c1-17-6-4-7-18(16-17)8-9-21-19(20-2)22-10-13-24-12-5-11-23(3)14-15-24/h17-18H,4-16H2,1-3H3,(H2,20,21,22). The van der Waals surface area contributed by atoms with Crippen molar-refractivity contribution in [1.29, 1.82) is 0 Å². The summed E-state index contributed by atoms with van der Waals surface area (Å²) in [6, 6.07) is 0. The largest absolute Gasteiger partial charge is 0.356 e. The van der Waals surface area contributed by atoms with Crippen molar-refractivity contribution < 1.29 is 0 Å². The molecule has 5 nitrogen and oxygen atoms in total. The van der Waals surface area contributed by atoms with Crippen LogP contribution in [0.1, 0.15) is 45.4 Å². The Labute approximate surface area is 149 Å². The summed E-state index contributed by atoms with van der Waals surface area (Å²) in [5.41, 5.74) is 0. The first-order chi connectivity index (χ1) is 11.7. The molecule has 24 heavy (non-hydrogen) atoms. The van der Waals surface area contributed by atoms with Crippen LogP contribution in [0.25, 0.3) is 0 Å². The molecule has 2 unspecified atom stereocenters. The Morgan fingerprint density at radius 1 is 1.04 bits per heavy atom. The van der Waals surface area contributed by atoms with E-state index in [1.165, 1.54) is 64.7 Å². The average molecular weight is 338 g/mol. The number of nitrogens with one attached hydrogen (secondary N) is 2. The van der Waals surface area contributed by atoms with Crippen LogP contribution >= 0.6 is 0 Å². The van der Waals surface area contributed by atoms with Crippen LogP contribution in [-0.4, -0.2) is 75.7 Å². The van der Waals surface area contributed by atoms with Crippen LogP contribution in [0.15, 0.2) is 4.99 Å². The molecule has 2 aliphatic rings. The van der Waals surface area contributed by atoms with Crippen molar-refractivity contribution in [2.45, 2.75) is 45.4 Å². The molecular weight excluding hydrogens is 298 g/mol. The first kappa shape index (κ1) is 19.5. The van der Waals surface area contributed by atoms with Crippen molar-refractivity contribution in [3.05, 3.63) is 0 Å². The highest BCUT2D eigenvalue weighted by Gasteiger charge is 2.18. The van der Waals surface area contributed by atoms with E-state index in [1.807, 2.05) is 7.05 Å². The number of guanidine groups is 1. The van der Waals surface area contributed by atoms with Crippen LogP contribution in [0.3, 0.4) is 0 Å². The Balaban J connectivity index is 1.57. The van der Waals surface area contributed by atoms with Crippen LogP contribution in [0.2, 0.25) is 0 Å². The third kappa shape index (κ3) is 7.39. The number of hydrogen-bond donors (Lipinski definition) is 2. The molecule has 1 aliphatic carbocycles. The van der Waals surface area contributed by atoms with Gasteiger partial charge in [0.15, 0.2) is 5.96 Å². The number of hydrogen-bond acceptors (Lipinski definition) is 3. The number of rotatable bonds is 6. The van der Waals surface area contributed by atoms with Gasteiger partial charge in [-0.2, -0.15) is 0 Å². The molecule has 1 saturated heterocycles. The van der Waals surface area contributed by atoms with Crippen molar-refractivity contribution in [2.75, 3.05) is 59.9 Å². The van der Waals surface area contributed by atoms with Gasteiger partial charge in [0.2, 0.25) is 0 Å². The van der Waals surface area contributed by atoms with Crippen LogP contribution in [0.4, 0.5) is 0 Å². The SMILES string of the molecule is CN=C(NCCC1CCCC(C)C1)NCCN1CCCN(C)CC1. The molecule has 0 amide bonds. The van der Waals surface area contributed by atoms with E-state index in [2.05, 4.69) is 39.4 Å². The Morgan fingerprint density at radius 3 is 2.67 bits per heavy atom. The van der Waals surface area contributed by atoms with E-state index >= 15 is 0 Å². The summed E-state index contributed by atoms with van der Waals surface area (Å²) >= 11 is 0. The van der Waals surface area contributed by atoms with Crippen molar-refractivity contribution >= 4 is 5.96 Å². The van der Waals surface area contributed by atoms with Crippen LogP contribution < -0.4 is 10.6 Å². The normalized spacial score (nSPS) is 27.7. The molecule has 0 aromatic rings. The van der Waals surface area contributed by atoms with Crippen LogP contribution in [0.5, 0.6) is 0 Å². The zero-order valence-electron chi connectivity index (χ0n) is 16.2. The lowest BCUT2D eigenvalue weighted by Gasteiger charge is -2.27. The Bertz CT molecular complexity index is 371. The molecule has 1 aliphatic heterocycles. The molecule has 2 fully saturated rings. The van der Waals surface area contributed by atoms with Crippen LogP contribution in [0, 0.1) is 11.8 Å². The van der Waals surface area contributed by atoms with E-state index in [0.717, 1.165) is 37.4 Å². The van der Waals surface area contributed by atoms with Gasteiger partial charge in [-0.05, 0) is 51.2 Å². The van der Waals surface area contributed by atoms with E-state index in [0.29, 0.717) is 0 Å². The minimum atomic E-state index is 0.911. The summed E-state index contributed by atoms with van der Waals surface area (Å²) in [4.78, 5) is 9.36. The van der Waals surface area contributed by atoms with Gasteiger partial charge < -0.3 is 20.4 Å². The summed E-state index contributed by atoms with van der Waals surface area (Å²) in [5.74, 6) is 2.80. The summed E-state index contributed by atoms with van der Waals surface area (Å²) in [5, 5.41) is 6.98. The topological polar surface area (TPSA) is 42.9 Å². The van der Waals surface area contributed by atoms with E-state index in [-0.39, 0.29) is 0 Å². The molecule has 2 N–H and O–H groups in total. The molecule has 2 rings (SSSR count). The van der Waals surface area contributed by atoms with Crippen LogP contribution in [-0.2, 0) is 0 Å². The highest BCUT2D eigenvalue weighted by Crippen LogP contribution is 2.30. The third-order valence-electron chi connectivity index (χ3n) is 5.65. The molecule has 1 saturated carbocycles. The predicted molar refractivity (Wildman–Crippen MR) is 104 cm³/mol. The Kier molecular flexibility index (Phi) is 8.89. The minimum Gasteiger partial charge on any atom is -0.356 e. The van der Waals surface area contributed by atoms with E-state index in [1.54, 1.807) is 0 Å². The molecule has 0 aromatic carbocycles. The van der Waals surface area contributed by atoms with E-state index in [9.17, 15) is 0 Å². The fourth-order valence-electron chi connectivity index (χ4n) is 4.09. The van der Waals surface area contributed by atoms with Gasteiger partial charge in [0.25, 0.3) is 0 Å². The van der Waals surface area contributed by atoms with Crippen molar-refractivity contribution in [1.82, 2.24) is 20.4 Å². The van der Waals surface area contributed by atoms with Gasteiger partial charge in [-0.3, -0.25) is 4.99 Å². The lowest BCUT2D eigenvalue weighted by atomic mass is 9.81. The highest BCUT2D eigenvalue weighted by molar-refractivity contribution is 5.79. The van der Waals surface area contributed by atoms with Gasteiger partial charge in [-0.1, -0.05) is 26.2 Å². The second kappa shape index (κ2) is 10.9. The lowest BCUT2D eigenvalue weighted by molar-refractivity contribution is 0.270. The van der Waals surface area contributed by atoms with Gasteiger partial charge in [0.05, 0.1) is 0 Å². The monoisotopic (exact) mass is 337 g/mol. The van der Waals surface area contributed by atoms with Crippen molar-refractivity contribution in [3.8, 4) is 0 Å². The zero-order chi connectivity index (χ0) is 17.2. The maximum atomic E-state index is 4.37. The Morgan fingerprint density at radius 2 is 1.88 bits per heavy atom. The first-order valence-electron chi connectivity index (χ1n) is 10.0. The predicted octanol–water partition coefficient (Wildman–Crippen LogP) is 2.01. The maximum absolute atomic E-state index is 4.37. The number of aliphatic imine (C=N–C) groups is 1. The van der Waals surface area contributed by atoms with Gasteiger partial charge in [-0.15, -0.1) is 0 Å². The summed E-state index contributed by atoms with van der Waals surface area (Å²) in [7, 11) is 4.10. The molecule has 0 bridgehead atoms. The first-order valence-corrected chi connectivity index (χ1v) is 10.0. The van der Waals surface area contributed by atoms with Gasteiger partial charge in [0.1, 0.15) is 0 Å². The smallest absolute Gasteiger partial charge is 0.191 e. The highest BCUT2D eigenvalue weighted by atomic mass is 15.2. The molecule has 0 spiro atoms. The maximum Gasteiger partial charge on any atom is 0.191 e. The van der Waals surface area contributed by atoms with Gasteiger partial charge in [-0.25, -0.2) is 0 Å². The summed E-state index contributed by atoms with van der Waals surface area (Å²) in [6.45, 7) is 10.4. The summed E-state index contributed by atoms with van der Waals surface area (Å²) in [6.07, 6.45) is 8.24.